The number of nitrogens with zero attached hydrogens (tertiary/aromatic N) is 8. The van der Waals surface area contributed by atoms with Crippen LogP contribution in [0.3, 0.4) is 0 Å². The molecular formula is C56H77F3N10O3. The number of anilines is 2. The van der Waals surface area contributed by atoms with Gasteiger partial charge in [0, 0.05) is 108 Å². The third-order valence-electron chi connectivity index (χ3n) is 15.0. The monoisotopic (exact) mass is 995 g/mol. The Morgan fingerprint density at radius 1 is 0.875 bits per heavy atom. The number of likely N-dealkylation sites (tertiary alicyclic amines) is 2. The van der Waals surface area contributed by atoms with E-state index in [1.165, 1.54) is 57.7 Å². The van der Waals surface area contributed by atoms with Crippen molar-refractivity contribution in [3.8, 4) is 0 Å². The molecule has 2 aromatic carbocycles. The third kappa shape index (κ3) is 15.8. The van der Waals surface area contributed by atoms with E-state index in [2.05, 4.69) is 61.5 Å². The molecule has 72 heavy (non-hydrogen) atoms. The number of amides is 1. The van der Waals surface area contributed by atoms with Gasteiger partial charge < -0.3 is 39.9 Å². The second kappa shape index (κ2) is 27.3. The van der Waals surface area contributed by atoms with E-state index in [-0.39, 0.29) is 11.6 Å². The molecule has 1 amide bonds. The Hall–Kier alpha value is -5.84. The fourth-order valence-electron chi connectivity index (χ4n) is 10.3. The van der Waals surface area contributed by atoms with Crippen molar-refractivity contribution in [1.82, 2.24) is 30.2 Å². The van der Waals surface area contributed by atoms with Crippen molar-refractivity contribution in [2.24, 2.45) is 28.0 Å². The Bertz CT molecular complexity index is 2290. The van der Waals surface area contributed by atoms with E-state index in [4.69, 9.17) is 4.79 Å². The summed E-state index contributed by atoms with van der Waals surface area (Å²) in [5.74, 6) is 1.93. The summed E-state index contributed by atoms with van der Waals surface area (Å²) in [5, 5.41) is 13.8. The number of alkyl halides is 3. The number of likely N-dealkylation sites (N-methyl/N-ethyl adjacent to an activating group) is 2. The first-order valence-electron chi connectivity index (χ1n) is 25.7. The van der Waals surface area contributed by atoms with Crippen LogP contribution in [0.4, 0.5) is 24.5 Å². The molecule has 1 saturated carbocycles. The number of rotatable bonds is 12. The van der Waals surface area contributed by atoms with Crippen molar-refractivity contribution in [2.75, 3.05) is 103 Å². The van der Waals surface area contributed by atoms with Crippen molar-refractivity contribution in [1.29, 1.82) is 0 Å². The van der Waals surface area contributed by atoms with Crippen molar-refractivity contribution in [2.45, 2.75) is 76.4 Å². The zero-order valence-corrected chi connectivity index (χ0v) is 43.0. The van der Waals surface area contributed by atoms with Crippen LogP contribution < -0.4 is 20.4 Å². The molecule has 2 aromatic rings. The molecule has 0 bridgehead atoms. The zero-order valence-electron chi connectivity index (χ0n) is 43.0. The zero-order chi connectivity index (χ0) is 51.6. The molecule has 16 heteroatoms. The number of aldehydes is 1. The van der Waals surface area contributed by atoms with Crippen LogP contribution in [0.1, 0.15) is 73.7 Å². The fourth-order valence-corrected chi connectivity index (χ4v) is 10.3. The molecule has 4 saturated heterocycles. The summed E-state index contributed by atoms with van der Waals surface area (Å²) < 4.78 is 43.1. The lowest BCUT2D eigenvalue weighted by molar-refractivity contribution is -0.116. The number of carbonyl (C=O) groups is 3. The van der Waals surface area contributed by atoms with Crippen molar-refractivity contribution in [3.05, 3.63) is 118 Å². The summed E-state index contributed by atoms with van der Waals surface area (Å²) in [6.07, 6.45) is 19.7. The smallest absolute Gasteiger partial charge is 0.370 e. The number of halogens is 3. The number of hydrogen-bond donors (Lipinski definition) is 2. The second-order valence-corrected chi connectivity index (χ2v) is 20.0. The van der Waals surface area contributed by atoms with Gasteiger partial charge in [0.05, 0.1) is 11.3 Å². The molecule has 5 heterocycles. The number of fused-ring (bicyclic) bond motifs is 2. The molecule has 0 aromatic heterocycles. The lowest BCUT2D eigenvalue weighted by Crippen LogP contribution is -2.45. The summed E-state index contributed by atoms with van der Waals surface area (Å²) in [4.78, 5) is 43.0. The minimum atomic E-state index is -4.46. The minimum absolute atomic E-state index is 0.0584. The van der Waals surface area contributed by atoms with Gasteiger partial charge in [-0.15, -0.1) is 5.10 Å². The molecule has 5 aliphatic heterocycles. The SMILES string of the molecule is C1CCC1.C=N/N=C\N(C)CCc1cccc(N(C)/C=C2/C(C(F)(F)F)=CC(CN3CCC(C4CCN(C)CC4)CC3)=CN2C)c1.C=O.O=Cc1ccc(N2CCNC3C=C4CNC(=O)C4=CC3CC2)cc1. The number of carbonyl (C=O) groups excluding carboxylic acids is 3. The lowest BCUT2D eigenvalue weighted by Gasteiger charge is -2.40. The van der Waals surface area contributed by atoms with Gasteiger partial charge in [-0.05, 0) is 149 Å². The van der Waals surface area contributed by atoms with E-state index in [9.17, 15) is 22.8 Å². The van der Waals surface area contributed by atoms with E-state index in [1.807, 2.05) is 73.5 Å². The Kier molecular flexibility index (Phi) is 21.0. The lowest BCUT2D eigenvalue weighted by atomic mass is 9.79. The first-order chi connectivity index (χ1) is 34.8. The molecule has 2 N–H and O–H groups in total. The van der Waals surface area contributed by atoms with Crippen LogP contribution in [0.15, 0.2) is 117 Å². The quantitative estimate of drug-likeness (QED) is 0.0935. The summed E-state index contributed by atoms with van der Waals surface area (Å²) in [5.41, 5.74) is 5.96. The van der Waals surface area contributed by atoms with Gasteiger partial charge in [0.1, 0.15) is 19.4 Å². The van der Waals surface area contributed by atoms with Gasteiger partial charge in [0.2, 0.25) is 0 Å². The van der Waals surface area contributed by atoms with Gasteiger partial charge in [-0.2, -0.15) is 18.3 Å². The maximum Gasteiger partial charge on any atom is 0.418 e. The van der Waals surface area contributed by atoms with E-state index < -0.39 is 11.7 Å². The summed E-state index contributed by atoms with van der Waals surface area (Å²) in [7, 11) is 7.58. The molecule has 0 radical (unpaired) electrons. The standard InChI is InChI=1S/C32H46F3N7.C19H21N3O2.C4H8.CH2O/c1-36-37-24-39(3)14-9-25-7-6-8-29(19-25)40(4)23-31-30(32(33,34)35)20-26(21-41(31)5)22-42-17-12-28(13-18-42)27-10-15-38(2)16-11-27;23-12-13-1-3-16(4-2-13)22-7-5-14-9-17-15(11-21-19(17)24)10-18(14)20-6-8-22;1-2-4-3-1;1-2/h6-8,19-21,23-24,27-28H,1,9-18,22H2,2-5H3;1-4,9-10,12,14,18,20H,5-8,11H2,(H,21,24);1-4H2;1H2/b31-23-,37-24-;;;. The van der Waals surface area contributed by atoms with Crippen molar-refractivity contribution < 1.29 is 27.6 Å². The average Bonchev–Trinajstić information content (AvgIpc) is 3.72. The number of nitrogens with one attached hydrogen (secondary N) is 2. The van der Waals surface area contributed by atoms with Crippen molar-refractivity contribution in [3.63, 3.8) is 0 Å². The highest BCUT2D eigenvalue weighted by molar-refractivity contribution is 6.01. The van der Waals surface area contributed by atoms with Crippen LogP contribution in [-0.4, -0.2) is 157 Å². The maximum atomic E-state index is 14.4. The predicted molar refractivity (Wildman–Crippen MR) is 285 cm³/mol. The number of allylic oxidation sites excluding steroid dienone is 1. The van der Waals surface area contributed by atoms with Gasteiger partial charge >= 0.3 is 6.18 Å². The van der Waals surface area contributed by atoms with Crippen LogP contribution in [0.25, 0.3) is 0 Å². The number of hydrogen-bond acceptors (Lipinski definition) is 11. The maximum absolute atomic E-state index is 14.4. The largest absolute Gasteiger partial charge is 0.418 e. The number of piperidine rings is 2. The number of benzene rings is 2. The molecule has 390 valence electrons. The molecule has 9 rings (SSSR count). The minimum Gasteiger partial charge on any atom is -0.370 e. The Labute approximate surface area is 425 Å². The average molecular weight is 995 g/mol. The molecule has 13 nitrogen and oxygen atoms in total. The third-order valence-corrected chi connectivity index (χ3v) is 15.0. The summed E-state index contributed by atoms with van der Waals surface area (Å²) >= 11 is 0. The first kappa shape index (κ1) is 55.5. The Morgan fingerprint density at radius 3 is 2.19 bits per heavy atom. The van der Waals surface area contributed by atoms with Crippen LogP contribution in [0, 0.1) is 17.8 Å². The molecule has 2 atom stereocenters. The molecule has 7 aliphatic rings. The Morgan fingerprint density at radius 2 is 1.56 bits per heavy atom. The molecule has 0 spiro atoms. The van der Waals surface area contributed by atoms with E-state index in [1.54, 1.807) is 36.4 Å². The van der Waals surface area contributed by atoms with E-state index in [0.29, 0.717) is 36.2 Å². The van der Waals surface area contributed by atoms with E-state index >= 15 is 0 Å². The van der Waals surface area contributed by atoms with Crippen LogP contribution >= 0.6 is 0 Å². The van der Waals surface area contributed by atoms with Crippen LogP contribution in [0.5, 0.6) is 0 Å². The fraction of sp³-hybridized carbons (Fsp3) is 0.518. The van der Waals surface area contributed by atoms with Crippen LogP contribution in [-0.2, 0) is 16.0 Å². The molecular weight excluding hydrogens is 918 g/mol. The second-order valence-electron chi connectivity index (χ2n) is 20.0. The van der Waals surface area contributed by atoms with Gasteiger partial charge in [-0.3, -0.25) is 14.5 Å². The normalized spacial score (nSPS) is 22.5. The molecule has 2 unspecified atom stereocenters. The predicted octanol–water partition coefficient (Wildman–Crippen LogP) is 8.11. The Balaban J connectivity index is 0.000000235. The highest BCUT2D eigenvalue weighted by Crippen LogP contribution is 2.38. The van der Waals surface area contributed by atoms with Crippen LogP contribution in [0.2, 0.25) is 0 Å². The van der Waals surface area contributed by atoms with Crippen molar-refractivity contribution >= 4 is 43.4 Å². The topological polar surface area (TPSA) is 119 Å². The highest BCUT2D eigenvalue weighted by atomic mass is 19.4. The van der Waals surface area contributed by atoms with Gasteiger partial charge in [0.15, 0.2) is 0 Å². The first-order valence-corrected chi connectivity index (χ1v) is 25.7. The highest BCUT2D eigenvalue weighted by Gasteiger charge is 2.40. The summed E-state index contributed by atoms with van der Waals surface area (Å²) in [6, 6.07) is 15.9. The summed E-state index contributed by atoms with van der Waals surface area (Å²) in [6.45, 7) is 14.3. The molecule has 2 aliphatic carbocycles. The van der Waals surface area contributed by atoms with Gasteiger partial charge in [0.25, 0.3) is 5.91 Å². The van der Waals surface area contributed by atoms with Gasteiger partial charge in [-0.25, -0.2) is 0 Å². The van der Waals surface area contributed by atoms with E-state index in [0.717, 1.165) is 111 Å². The van der Waals surface area contributed by atoms with Gasteiger partial charge in [-0.1, -0.05) is 50.0 Å². The molecule has 5 fully saturated rings.